The number of carbonyl (C=O) groups excluding carboxylic acids is 1. The molecule has 2 unspecified atom stereocenters. The Kier molecular flexibility index (Phi) is 69.1. The van der Waals surface area contributed by atoms with E-state index in [-0.39, 0.29) is 12.5 Å². The molecule has 0 heterocycles. The van der Waals surface area contributed by atoms with Gasteiger partial charge in [0, 0.05) is 6.42 Å². The van der Waals surface area contributed by atoms with Gasteiger partial charge in [0.2, 0.25) is 5.91 Å². The van der Waals surface area contributed by atoms with Crippen molar-refractivity contribution in [1.29, 1.82) is 0 Å². The van der Waals surface area contributed by atoms with E-state index in [1.165, 1.54) is 392 Å². The van der Waals surface area contributed by atoms with Crippen molar-refractivity contribution in [3.05, 3.63) is 0 Å². The zero-order chi connectivity index (χ0) is 55.5. The number of hydrogen-bond acceptors (Lipinski definition) is 3. The average Bonchev–Trinajstić information content (AvgIpc) is 3.43. The summed E-state index contributed by atoms with van der Waals surface area (Å²) in [6, 6.07) is -0.533. The van der Waals surface area contributed by atoms with E-state index in [1.54, 1.807) is 0 Å². The molecule has 4 nitrogen and oxygen atoms in total. The van der Waals surface area contributed by atoms with Crippen molar-refractivity contribution < 1.29 is 15.0 Å². The van der Waals surface area contributed by atoms with Crippen LogP contribution in [-0.4, -0.2) is 34.9 Å². The first kappa shape index (κ1) is 76.4. The Labute approximate surface area is 486 Å². The fourth-order valence-corrected chi connectivity index (χ4v) is 12.3. The number of hydrogen-bond donors (Lipinski definition) is 3. The van der Waals surface area contributed by atoms with E-state index in [2.05, 4.69) is 19.2 Å². The second-order valence-corrected chi connectivity index (χ2v) is 25.7. The summed E-state index contributed by atoms with van der Waals surface area (Å²) in [6.45, 7) is 4.42. The molecule has 1 amide bonds. The third-order valence-electron chi connectivity index (χ3n) is 17.9. The number of amides is 1. The number of unbranched alkanes of at least 4 members (excludes halogenated alkanes) is 63. The molecule has 0 aromatic rings. The Morgan fingerprint density at radius 3 is 0.584 bits per heavy atom. The molecule has 462 valence electrons. The van der Waals surface area contributed by atoms with Crippen molar-refractivity contribution in [1.82, 2.24) is 5.32 Å². The van der Waals surface area contributed by atoms with Gasteiger partial charge in [-0.2, -0.15) is 0 Å². The lowest BCUT2D eigenvalue weighted by molar-refractivity contribution is -0.123. The average molecular weight is 1090 g/mol. The minimum absolute atomic E-state index is 0.0186. The summed E-state index contributed by atoms with van der Waals surface area (Å²) in [6.07, 6.45) is 91.9. The summed E-state index contributed by atoms with van der Waals surface area (Å²) >= 11 is 0. The molecule has 0 rings (SSSR count). The monoisotopic (exact) mass is 1090 g/mol. The first-order valence-electron chi connectivity index (χ1n) is 36.7. The summed E-state index contributed by atoms with van der Waals surface area (Å²) in [5.41, 5.74) is 0. The Bertz CT molecular complexity index is 1050. The third kappa shape index (κ3) is 66.1. The molecule has 0 aliphatic rings. The lowest BCUT2D eigenvalue weighted by atomic mass is 10.0. The number of carbonyl (C=O) groups is 1. The van der Waals surface area contributed by atoms with Crippen LogP contribution in [-0.2, 0) is 4.79 Å². The van der Waals surface area contributed by atoms with Gasteiger partial charge in [-0.1, -0.05) is 425 Å². The summed E-state index contributed by atoms with van der Waals surface area (Å²) in [5.74, 6) is -0.0186. The third-order valence-corrected chi connectivity index (χ3v) is 17.9. The van der Waals surface area contributed by atoms with Crippen LogP contribution in [0, 0.1) is 0 Å². The van der Waals surface area contributed by atoms with Crippen LogP contribution in [0.2, 0.25) is 0 Å². The lowest BCUT2D eigenvalue weighted by Gasteiger charge is -2.22. The zero-order valence-corrected chi connectivity index (χ0v) is 53.5. The molecule has 2 atom stereocenters. The molecule has 0 bridgehead atoms. The number of aliphatic hydroxyl groups is 2. The molecule has 0 radical (unpaired) electrons. The van der Waals surface area contributed by atoms with Gasteiger partial charge in [-0.25, -0.2) is 0 Å². The van der Waals surface area contributed by atoms with Gasteiger partial charge in [-0.3, -0.25) is 4.79 Å². The van der Waals surface area contributed by atoms with Crippen molar-refractivity contribution >= 4 is 5.91 Å². The molecule has 0 aromatic carbocycles. The topological polar surface area (TPSA) is 69.6 Å². The molecule has 0 spiro atoms. The normalized spacial score (nSPS) is 12.5. The molecule has 77 heavy (non-hydrogen) atoms. The number of rotatable bonds is 70. The predicted molar refractivity (Wildman–Crippen MR) is 346 cm³/mol. The Morgan fingerprint density at radius 2 is 0.416 bits per heavy atom. The fraction of sp³-hybridized carbons (Fsp3) is 0.986. The summed E-state index contributed by atoms with van der Waals surface area (Å²) < 4.78 is 0. The highest BCUT2D eigenvalue weighted by Crippen LogP contribution is 2.20. The maximum atomic E-state index is 12.6. The maximum Gasteiger partial charge on any atom is 0.220 e. The van der Waals surface area contributed by atoms with Crippen molar-refractivity contribution in [3.8, 4) is 0 Å². The molecule has 0 saturated heterocycles. The smallest absolute Gasteiger partial charge is 0.220 e. The van der Waals surface area contributed by atoms with Crippen LogP contribution in [0.15, 0.2) is 0 Å². The van der Waals surface area contributed by atoms with Gasteiger partial charge in [0.1, 0.15) is 0 Å². The lowest BCUT2D eigenvalue weighted by Crippen LogP contribution is -2.45. The quantitative estimate of drug-likeness (QED) is 0.0532. The largest absolute Gasteiger partial charge is 0.394 e. The van der Waals surface area contributed by atoms with Crippen LogP contribution in [0.4, 0.5) is 0 Å². The van der Waals surface area contributed by atoms with Crippen LogP contribution in [0.1, 0.15) is 444 Å². The van der Waals surface area contributed by atoms with E-state index in [1.807, 2.05) is 0 Å². The van der Waals surface area contributed by atoms with Crippen LogP contribution >= 0.6 is 0 Å². The highest BCUT2D eigenvalue weighted by atomic mass is 16.3. The van der Waals surface area contributed by atoms with Crippen molar-refractivity contribution in [2.24, 2.45) is 0 Å². The molecule has 0 saturated carbocycles. The van der Waals surface area contributed by atoms with E-state index in [0.29, 0.717) is 12.8 Å². The van der Waals surface area contributed by atoms with Crippen LogP contribution in [0.5, 0.6) is 0 Å². The molecule has 0 aliphatic carbocycles. The summed E-state index contributed by atoms with van der Waals surface area (Å²) in [4.78, 5) is 12.6. The molecule has 0 fully saturated rings. The standard InChI is InChI=1S/C73H147NO3/c1-3-5-7-9-11-13-15-17-19-21-23-25-27-29-31-33-35-36-37-38-39-41-43-45-47-49-51-53-55-57-59-61-63-65-67-69-73(77)74-71(70-75)72(76)68-66-64-62-60-58-56-54-52-50-48-46-44-42-40-34-32-30-28-26-24-22-20-18-16-14-12-10-8-6-4-2/h71-72,75-76H,3-70H2,1-2H3,(H,74,77). The van der Waals surface area contributed by atoms with E-state index < -0.39 is 12.1 Å². The van der Waals surface area contributed by atoms with E-state index in [4.69, 9.17) is 0 Å². The van der Waals surface area contributed by atoms with Crippen LogP contribution in [0.3, 0.4) is 0 Å². The maximum absolute atomic E-state index is 12.6. The van der Waals surface area contributed by atoms with Gasteiger partial charge in [0.05, 0.1) is 18.8 Å². The summed E-state index contributed by atoms with van der Waals surface area (Å²) in [7, 11) is 0. The van der Waals surface area contributed by atoms with Crippen LogP contribution in [0.25, 0.3) is 0 Å². The summed E-state index contributed by atoms with van der Waals surface area (Å²) in [5, 5.41) is 23.5. The highest BCUT2D eigenvalue weighted by Gasteiger charge is 2.20. The molecule has 0 aromatic heterocycles. The van der Waals surface area contributed by atoms with E-state index in [9.17, 15) is 15.0 Å². The van der Waals surface area contributed by atoms with Gasteiger partial charge >= 0.3 is 0 Å². The second kappa shape index (κ2) is 69.7. The van der Waals surface area contributed by atoms with Gasteiger partial charge in [-0.15, -0.1) is 0 Å². The Hall–Kier alpha value is -0.610. The first-order valence-corrected chi connectivity index (χ1v) is 36.7. The van der Waals surface area contributed by atoms with Crippen molar-refractivity contribution in [2.45, 2.75) is 456 Å². The van der Waals surface area contributed by atoms with Gasteiger partial charge in [0.15, 0.2) is 0 Å². The van der Waals surface area contributed by atoms with Gasteiger partial charge in [-0.05, 0) is 12.8 Å². The first-order chi connectivity index (χ1) is 38.2. The zero-order valence-electron chi connectivity index (χ0n) is 53.5. The van der Waals surface area contributed by atoms with Crippen LogP contribution < -0.4 is 5.32 Å². The predicted octanol–water partition coefficient (Wildman–Crippen LogP) is 25.0. The minimum atomic E-state index is -0.657. The Morgan fingerprint density at radius 1 is 0.260 bits per heavy atom. The van der Waals surface area contributed by atoms with Crippen molar-refractivity contribution in [2.75, 3.05) is 6.61 Å². The number of aliphatic hydroxyl groups excluding tert-OH is 2. The van der Waals surface area contributed by atoms with Gasteiger partial charge in [0.25, 0.3) is 0 Å². The minimum Gasteiger partial charge on any atom is -0.394 e. The second-order valence-electron chi connectivity index (χ2n) is 25.7. The van der Waals surface area contributed by atoms with Gasteiger partial charge < -0.3 is 15.5 Å². The van der Waals surface area contributed by atoms with Crippen molar-refractivity contribution in [3.63, 3.8) is 0 Å². The Balaban J connectivity index is 3.34. The highest BCUT2D eigenvalue weighted by molar-refractivity contribution is 5.76. The van der Waals surface area contributed by atoms with E-state index >= 15 is 0 Å². The fourth-order valence-electron chi connectivity index (χ4n) is 12.3. The molecule has 0 aliphatic heterocycles. The molecular weight excluding hydrogens is 939 g/mol. The van der Waals surface area contributed by atoms with E-state index in [0.717, 1.165) is 25.7 Å². The molecular formula is C73H147NO3. The molecule has 3 N–H and O–H groups in total. The SMILES string of the molecule is CCCCCCCCCCCCCCCCCCCCCCCCCCCCCCCCCCCCCC(=O)NC(CO)C(O)CCCCCCCCCCCCCCCCCCCCCCCCCCCCCCCC. The molecule has 4 heteroatoms. The number of nitrogens with one attached hydrogen (secondary N) is 1.